The largest absolute Gasteiger partial charge is 0.362 e. The third kappa shape index (κ3) is 4.20. The van der Waals surface area contributed by atoms with E-state index < -0.39 is 9.84 Å². The number of carbonyl (C=O) groups excluding carboxylic acids is 1. The molecule has 2 aromatic carbocycles. The fraction of sp³-hybridized carbons (Fsp3) is 0.316. The topological polar surface area (TPSA) is 66.5 Å². The first-order chi connectivity index (χ1) is 11.8. The maximum atomic E-state index is 12.4. The van der Waals surface area contributed by atoms with E-state index in [1.165, 1.54) is 23.3 Å². The number of fused-ring (bicyclic) bond motifs is 1. The molecule has 132 valence electrons. The average Bonchev–Trinajstić information content (AvgIpc) is 2.54. The Morgan fingerprint density at radius 1 is 1.20 bits per heavy atom. The van der Waals surface area contributed by atoms with Gasteiger partial charge in [0.05, 0.1) is 11.4 Å². The van der Waals surface area contributed by atoms with Gasteiger partial charge in [-0.15, -0.1) is 0 Å². The van der Waals surface area contributed by atoms with E-state index in [0.29, 0.717) is 5.69 Å². The predicted molar refractivity (Wildman–Crippen MR) is 99.9 cm³/mol. The zero-order chi connectivity index (χ0) is 18.0. The van der Waals surface area contributed by atoms with E-state index in [1.807, 2.05) is 0 Å². The minimum absolute atomic E-state index is 0.154. The molecule has 1 aliphatic heterocycles. The van der Waals surface area contributed by atoms with Crippen molar-refractivity contribution >= 4 is 27.1 Å². The highest BCUT2D eigenvalue weighted by molar-refractivity contribution is 7.90. The van der Waals surface area contributed by atoms with E-state index in [4.69, 9.17) is 0 Å². The zero-order valence-electron chi connectivity index (χ0n) is 14.5. The van der Waals surface area contributed by atoms with E-state index in [9.17, 15) is 13.2 Å². The summed E-state index contributed by atoms with van der Waals surface area (Å²) in [4.78, 5) is 14.7. The molecule has 1 aliphatic rings. The van der Waals surface area contributed by atoms with E-state index in [0.717, 1.165) is 31.3 Å². The summed E-state index contributed by atoms with van der Waals surface area (Å²) < 4.78 is 23.3. The van der Waals surface area contributed by atoms with Crippen molar-refractivity contribution in [3.05, 3.63) is 53.6 Å². The molecule has 25 heavy (non-hydrogen) atoms. The Hall–Kier alpha value is -2.34. The number of rotatable bonds is 4. The van der Waals surface area contributed by atoms with Crippen molar-refractivity contribution in [3.8, 4) is 0 Å². The molecule has 0 fully saturated rings. The molecule has 0 saturated heterocycles. The molecule has 6 heteroatoms. The maximum Gasteiger partial charge on any atom is 0.243 e. The van der Waals surface area contributed by atoms with Crippen molar-refractivity contribution in [1.82, 2.24) is 0 Å². The summed E-state index contributed by atoms with van der Waals surface area (Å²) in [6.07, 6.45) is 3.21. The van der Waals surface area contributed by atoms with Gasteiger partial charge in [0.15, 0.2) is 9.84 Å². The number of aryl methyl sites for hydroxylation is 2. The quantitative estimate of drug-likeness (QED) is 0.913. The second kappa shape index (κ2) is 6.88. The van der Waals surface area contributed by atoms with Crippen LogP contribution in [0, 0.1) is 6.92 Å². The van der Waals surface area contributed by atoms with Gasteiger partial charge in [0.2, 0.25) is 5.91 Å². The van der Waals surface area contributed by atoms with Gasteiger partial charge in [0.1, 0.15) is 0 Å². The molecule has 0 atom stereocenters. The summed E-state index contributed by atoms with van der Waals surface area (Å²) in [5, 5.41) is 2.80. The van der Waals surface area contributed by atoms with Crippen LogP contribution in [0.25, 0.3) is 0 Å². The minimum atomic E-state index is -3.29. The number of anilines is 2. The van der Waals surface area contributed by atoms with Crippen molar-refractivity contribution in [3.63, 3.8) is 0 Å². The predicted octanol–water partition coefficient (Wildman–Crippen LogP) is 2.79. The Morgan fingerprint density at radius 2 is 2.00 bits per heavy atom. The van der Waals surface area contributed by atoms with Gasteiger partial charge in [0, 0.05) is 24.2 Å². The Labute approximate surface area is 148 Å². The number of sulfone groups is 1. The van der Waals surface area contributed by atoms with Gasteiger partial charge in [0.25, 0.3) is 0 Å². The lowest BCUT2D eigenvalue weighted by Gasteiger charge is -2.31. The van der Waals surface area contributed by atoms with Crippen LogP contribution in [0.2, 0.25) is 0 Å². The third-order valence-corrected chi connectivity index (χ3v) is 5.44. The first kappa shape index (κ1) is 17.5. The molecule has 2 aromatic rings. The normalized spacial score (nSPS) is 14.1. The Bertz CT molecular complexity index is 907. The Morgan fingerprint density at radius 3 is 2.76 bits per heavy atom. The molecule has 0 radical (unpaired) electrons. The smallest absolute Gasteiger partial charge is 0.243 e. The molecule has 0 aromatic heterocycles. The van der Waals surface area contributed by atoms with Crippen LogP contribution in [0.1, 0.15) is 17.5 Å². The zero-order valence-corrected chi connectivity index (χ0v) is 15.3. The number of carbonyl (C=O) groups is 1. The number of nitrogens with zero attached hydrogens (tertiary/aromatic N) is 1. The van der Waals surface area contributed by atoms with Gasteiger partial charge in [-0.2, -0.15) is 0 Å². The van der Waals surface area contributed by atoms with Crippen LogP contribution in [-0.2, 0) is 21.1 Å². The lowest BCUT2D eigenvalue weighted by Crippen LogP contribution is -2.36. The monoisotopic (exact) mass is 358 g/mol. The van der Waals surface area contributed by atoms with E-state index >= 15 is 0 Å². The van der Waals surface area contributed by atoms with Crippen LogP contribution in [0.4, 0.5) is 11.4 Å². The Balaban J connectivity index is 1.72. The Kier molecular flexibility index (Phi) is 4.81. The SMILES string of the molecule is Cc1ccc2c(c1)CCCN2CC(=O)Nc1cccc(S(C)(=O)=O)c1. The van der Waals surface area contributed by atoms with Crippen LogP contribution in [0.5, 0.6) is 0 Å². The van der Waals surface area contributed by atoms with Gasteiger partial charge >= 0.3 is 0 Å². The second-order valence-corrected chi connectivity index (χ2v) is 8.52. The van der Waals surface area contributed by atoms with Gasteiger partial charge in [-0.25, -0.2) is 8.42 Å². The van der Waals surface area contributed by atoms with Crippen molar-refractivity contribution in [2.45, 2.75) is 24.7 Å². The summed E-state index contributed by atoms with van der Waals surface area (Å²) in [5.41, 5.74) is 4.10. The molecule has 0 spiro atoms. The number of benzene rings is 2. The van der Waals surface area contributed by atoms with Gasteiger partial charge < -0.3 is 10.2 Å². The van der Waals surface area contributed by atoms with Gasteiger partial charge in [-0.05, 0) is 49.6 Å². The molecule has 0 aliphatic carbocycles. The van der Waals surface area contributed by atoms with Crippen LogP contribution in [-0.4, -0.2) is 33.7 Å². The molecule has 5 nitrogen and oxygen atoms in total. The standard InChI is InChI=1S/C19H22N2O3S/c1-14-8-9-18-15(11-14)5-4-10-21(18)13-19(22)20-16-6-3-7-17(12-16)25(2,23)24/h3,6-9,11-12H,4-5,10,13H2,1-2H3,(H,20,22). The van der Waals surface area contributed by atoms with Crippen LogP contribution >= 0.6 is 0 Å². The molecule has 1 amide bonds. The molecule has 3 rings (SSSR count). The van der Waals surface area contributed by atoms with E-state index in [-0.39, 0.29) is 17.3 Å². The summed E-state index contributed by atoms with van der Waals surface area (Å²) in [7, 11) is -3.29. The summed E-state index contributed by atoms with van der Waals surface area (Å²) in [6, 6.07) is 12.6. The molecule has 0 saturated carbocycles. The third-order valence-electron chi connectivity index (χ3n) is 4.33. The number of hydrogen-bond acceptors (Lipinski definition) is 4. The fourth-order valence-electron chi connectivity index (χ4n) is 3.15. The van der Waals surface area contributed by atoms with E-state index in [1.54, 1.807) is 12.1 Å². The summed E-state index contributed by atoms with van der Waals surface area (Å²) >= 11 is 0. The number of hydrogen-bond donors (Lipinski definition) is 1. The average molecular weight is 358 g/mol. The molecular weight excluding hydrogens is 336 g/mol. The minimum Gasteiger partial charge on any atom is -0.362 e. The summed E-state index contributed by atoms with van der Waals surface area (Å²) in [5.74, 6) is -0.154. The highest BCUT2D eigenvalue weighted by atomic mass is 32.2. The van der Waals surface area contributed by atoms with Gasteiger partial charge in [-0.1, -0.05) is 23.8 Å². The maximum absolute atomic E-state index is 12.4. The van der Waals surface area contributed by atoms with Crippen LogP contribution in [0.15, 0.2) is 47.4 Å². The number of nitrogens with one attached hydrogen (secondary N) is 1. The van der Waals surface area contributed by atoms with Crippen molar-refractivity contribution in [1.29, 1.82) is 0 Å². The lowest BCUT2D eigenvalue weighted by atomic mass is 9.99. The summed E-state index contributed by atoms with van der Waals surface area (Å²) in [6.45, 7) is 3.16. The number of amides is 1. The molecule has 0 bridgehead atoms. The highest BCUT2D eigenvalue weighted by Crippen LogP contribution is 2.27. The lowest BCUT2D eigenvalue weighted by molar-refractivity contribution is -0.115. The van der Waals surface area contributed by atoms with Crippen LogP contribution in [0.3, 0.4) is 0 Å². The van der Waals surface area contributed by atoms with E-state index in [2.05, 4.69) is 35.3 Å². The first-order valence-corrected chi connectivity index (χ1v) is 10.2. The van der Waals surface area contributed by atoms with Crippen molar-refractivity contribution in [2.75, 3.05) is 29.6 Å². The second-order valence-electron chi connectivity index (χ2n) is 6.51. The molecule has 0 unspecified atom stereocenters. The molecule has 1 N–H and O–H groups in total. The first-order valence-electron chi connectivity index (χ1n) is 8.27. The fourth-order valence-corrected chi connectivity index (χ4v) is 3.81. The van der Waals surface area contributed by atoms with Gasteiger partial charge in [-0.3, -0.25) is 4.79 Å². The highest BCUT2D eigenvalue weighted by Gasteiger charge is 2.19. The molecule has 1 heterocycles. The van der Waals surface area contributed by atoms with Crippen LogP contribution < -0.4 is 10.2 Å². The van der Waals surface area contributed by atoms with Crippen molar-refractivity contribution < 1.29 is 13.2 Å². The molecular formula is C19H22N2O3S. The van der Waals surface area contributed by atoms with Crippen molar-refractivity contribution in [2.24, 2.45) is 0 Å².